The van der Waals surface area contributed by atoms with Crippen LogP contribution in [0, 0.1) is 29.1 Å². The van der Waals surface area contributed by atoms with Gasteiger partial charge in [-0.3, -0.25) is 0 Å². The molecule has 0 aromatic carbocycles. The second-order valence-electron chi connectivity index (χ2n) is 7.20. The van der Waals surface area contributed by atoms with Crippen LogP contribution in [0.3, 0.4) is 0 Å². The van der Waals surface area contributed by atoms with Crippen LogP contribution in [0.4, 0.5) is 0 Å². The average molecular weight is 238 g/mol. The second kappa shape index (κ2) is 6.25. The molecule has 17 heavy (non-hydrogen) atoms. The summed E-state index contributed by atoms with van der Waals surface area (Å²) >= 11 is 0. The highest BCUT2D eigenvalue weighted by Gasteiger charge is 2.33. The van der Waals surface area contributed by atoms with Crippen molar-refractivity contribution in [2.24, 2.45) is 29.1 Å². The molecule has 2 atom stereocenters. The molecule has 1 rings (SSSR count). The predicted octanol–water partition coefficient (Wildman–Crippen LogP) is 5.91. The number of rotatable bonds is 5. The van der Waals surface area contributed by atoms with Gasteiger partial charge in [-0.15, -0.1) is 0 Å². The highest BCUT2D eigenvalue weighted by atomic mass is 14.4. The van der Waals surface area contributed by atoms with Crippen molar-refractivity contribution in [2.75, 3.05) is 0 Å². The molecule has 0 radical (unpaired) electrons. The molecule has 2 unspecified atom stereocenters. The minimum atomic E-state index is 0.574. The Balaban J connectivity index is 2.46. The summed E-state index contributed by atoms with van der Waals surface area (Å²) in [6, 6.07) is 0. The lowest BCUT2D eigenvalue weighted by atomic mass is 9.64. The van der Waals surface area contributed by atoms with Gasteiger partial charge in [0.05, 0.1) is 0 Å². The summed E-state index contributed by atoms with van der Waals surface area (Å²) in [6.45, 7) is 14.6. The Morgan fingerprint density at radius 2 is 1.53 bits per heavy atom. The molecule has 0 nitrogen and oxygen atoms in total. The van der Waals surface area contributed by atoms with E-state index in [1.165, 1.54) is 38.5 Å². The Morgan fingerprint density at radius 1 is 1.00 bits per heavy atom. The minimum Gasteiger partial charge on any atom is -0.0651 e. The van der Waals surface area contributed by atoms with Crippen molar-refractivity contribution in [3.8, 4) is 0 Å². The highest BCUT2D eigenvalue weighted by molar-refractivity contribution is 4.84. The van der Waals surface area contributed by atoms with E-state index in [-0.39, 0.29) is 0 Å². The summed E-state index contributed by atoms with van der Waals surface area (Å²) in [6.07, 6.45) is 8.61. The minimum absolute atomic E-state index is 0.574. The smallest absolute Gasteiger partial charge is 0.0329 e. The van der Waals surface area contributed by atoms with Crippen LogP contribution in [-0.2, 0) is 0 Å². The van der Waals surface area contributed by atoms with Crippen molar-refractivity contribution in [1.29, 1.82) is 0 Å². The van der Waals surface area contributed by atoms with Crippen LogP contribution in [0.5, 0.6) is 0 Å². The lowest BCUT2D eigenvalue weighted by molar-refractivity contribution is 0.0967. The fourth-order valence-electron chi connectivity index (χ4n) is 3.55. The Labute approximate surface area is 110 Å². The van der Waals surface area contributed by atoms with Gasteiger partial charge in [-0.05, 0) is 54.8 Å². The van der Waals surface area contributed by atoms with Crippen molar-refractivity contribution in [2.45, 2.75) is 80.1 Å². The van der Waals surface area contributed by atoms with Gasteiger partial charge in [0.2, 0.25) is 0 Å². The Hall–Kier alpha value is 0. The molecule has 0 bridgehead atoms. The van der Waals surface area contributed by atoms with Gasteiger partial charge in [0.15, 0.2) is 0 Å². The number of hydrogen-bond acceptors (Lipinski definition) is 0. The van der Waals surface area contributed by atoms with Gasteiger partial charge in [0.1, 0.15) is 0 Å². The molecule has 1 saturated carbocycles. The molecule has 0 spiro atoms. The molecule has 0 heterocycles. The van der Waals surface area contributed by atoms with E-state index < -0.39 is 0 Å². The van der Waals surface area contributed by atoms with Gasteiger partial charge in [0, 0.05) is 0 Å². The lowest BCUT2D eigenvalue weighted by Crippen LogP contribution is -2.31. The normalized spacial score (nSPS) is 30.0. The second-order valence-corrected chi connectivity index (χ2v) is 7.20. The van der Waals surface area contributed by atoms with Crippen molar-refractivity contribution in [3.63, 3.8) is 0 Å². The van der Waals surface area contributed by atoms with Crippen LogP contribution in [0.1, 0.15) is 80.1 Å². The fraction of sp³-hybridized carbons (Fsp3) is 1.00. The Morgan fingerprint density at radius 3 is 1.94 bits per heavy atom. The molecule has 0 amide bonds. The van der Waals surface area contributed by atoms with Gasteiger partial charge in [0.25, 0.3) is 0 Å². The molecular weight excluding hydrogens is 204 g/mol. The van der Waals surface area contributed by atoms with Crippen LogP contribution in [-0.4, -0.2) is 0 Å². The van der Waals surface area contributed by atoms with Crippen molar-refractivity contribution in [3.05, 3.63) is 0 Å². The fourth-order valence-corrected chi connectivity index (χ4v) is 3.55. The van der Waals surface area contributed by atoms with Crippen molar-refractivity contribution >= 4 is 0 Å². The van der Waals surface area contributed by atoms with Gasteiger partial charge in [-0.2, -0.15) is 0 Å². The first kappa shape index (κ1) is 15.1. The first-order chi connectivity index (χ1) is 7.92. The molecule has 1 aliphatic carbocycles. The molecule has 1 fully saturated rings. The SMILES string of the molecule is CCC(C)C(C)C1CCC(C(C)(C)CC)CC1. The largest absolute Gasteiger partial charge is 0.0651 e. The summed E-state index contributed by atoms with van der Waals surface area (Å²) < 4.78 is 0. The van der Waals surface area contributed by atoms with E-state index in [0.717, 1.165) is 23.7 Å². The zero-order valence-corrected chi connectivity index (χ0v) is 13.1. The van der Waals surface area contributed by atoms with Crippen LogP contribution in [0.25, 0.3) is 0 Å². The topological polar surface area (TPSA) is 0 Å². The van der Waals surface area contributed by atoms with E-state index in [9.17, 15) is 0 Å². The molecular formula is C17H34. The monoisotopic (exact) mass is 238 g/mol. The molecule has 0 N–H and O–H groups in total. The van der Waals surface area contributed by atoms with Crippen LogP contribution < -0.4 is 0 Å². The molecule has 0 aliphatic heterocycles. The third-order valence-electron chi connectivity index (χ3n) is 6.07. The van der Waals surface area contributed by atoms with E-state index in [0.29, 0.717) is 5.41 Å². The van der Waals surface area contributed by atoms with E-state index >= 15 is 0 Å². The summed E-state index contributed by atoms with van der Waals surface area (Å²) in [7, 11) is 0. The van der Waals surface area contributed by atoms with E-state index in [2.05, 4.69) is 41.5 Å². The van der Waals surface area contributed by atoms with E-state index in [1.54, 1.807) is 0 Å². The van der Waals surface area contributed by atoms with Gasteiger partial charge < -0.3 is 0 Å². The lowest BCUT2D eigenvalue weighted by Gasteiger charge is -2.41. The Kier molecular flexibility index (Phi) is 5.54. The van der Waals surface area contributed by atoms with E-state index in [4.69, 9.17) is 0 Å². The van der Waals surface area contributed by atoms with E-state index in [1.807, 2.05) is 0 Å². The first-order valence-corrected chi connectivity index (χ1v) is 7.92. The maximum Gasteiger partial charge on any atom is -0.0329 e. The summed E-state index contributed by atoms with van der Waals surface area (Å²) in [4.78, 5) is 0. The summed E-state index contributed by atoms with van der Waals surface area (Å²) in [5.74, 6) is 3.84. The first-order valence-electron chi connectivity index (χ1n) is 7.92. The maximum atomic E-state index is 2.49. The third-order valence-corrected chi connectivity index (χ3v) is 6.07. The zero-order chi connectivity index (χ0) is 13.1. The standard InChI is InChI=1S/C17H34/c1-7-13(3)14(4)15-9-11-16(12-10-15)17(5,6)8-2/h13-16H,7-12H2,1-6H3. The van der Waals surface area contributed by atoms with Crippen LogP contribution in [0.15, 0.2) is 0 Å². The molecule has 0 aromatic heterocycles. The molecule has 0 aromatic rings. The molecule has 0 heteroatoms. The maximum absolute atomic E-state index is 2.49. The van der Waals surface area contributed by atoms with Gasteiger partial charge in [-0.1, -0.05) is 54.4 Å². The molecule has 102 valence electrons. The average Bonchev–Trinajstić information content (AvgIpc) is 2.37. The highest BCUT2D eigenvalue weighted by Crippen LogP contribution is 2.44. The molecule has 1 aliphatic rings. The van der Waals surface area contributed by atoms with Gasteiger partial charge in [-0.25, -0.2) is 0 Å². The quantitative estimate of drug-likeness (QED) is 0.558. The van der Waals surface area contributed by atoms with Crippen LogP contribution in [0.2, 0.25) is 0 Å². The molecule has 0 saturated heterocycles. The summed E-state index contributed by atoms with van der Waals surface area (Å²) in [5.41, 5.74) is 0.574. The Bertz CT molecular complexity index is 208. The zero-order valence-electron chi connectivity index (χ0n) is 13.1. The number of hydrogen-bond donors (Lipinski definition) is 0. The predicted molar refractivity (Wildman–Crippen MR) is 78.1 cm³/mol. The summed E-state index contributed by atoms with van der Waals surface area (Å²) in [5, 5.41) is 0. The third kappa shape index (κ3) is 3.73. The van der Waals surface area contributed by atoms with Gasteiger partial charge >= 0.3 is 0 Å². The van der Waals surface area contributed by atoms with Crippen LogP contribution >= 0.6 is 0 Å². The van der Waals surface area contributed by atoms with Crippen molar-refractivity contribution in [1.82, 2.24) is 0 Å². The van der Waals surface area contributed by atoms with Crippen molar-refractivity contribution < 1.29 is 0 Å².